The number of rotatable bonds is 1. The van der Waals surface area contributed by atoms with Crippen molar-refractivity contribution in [2.24, 2.45) is 5.92 Å². The van der Waals surface area contributed by atoms with Crippen molar-refractivity contribution in [2.75, 3.05) is 7.11 Å². The third-order valence-electron chi connectivity index (χ3n) is 5.55. The normalized spacial score (nSPS) is 38.9. The van der Waals surface area contributed by atoms with E-state index in [4.69, 9.17) is 9.47 Å². The van der Waals surface area contributed by atoms with Crippen LogP contribution >= 0.6 is 0 Å². The van der Waals surface area contributed by atoms with Gasteiger partial charge >= 0.3 is 5.97 Å². The van der Waals surface area contributed by atoms with Crippen molar-refractivity contribution < 1.29 is 34.7 Å². The summed E-state index contributed by atoms with van der Waals surface area (Å²) in [5.74, 6) is -0.427. The van der Waals surface area contributed by atoms with Gasteiger partial charge in [0.25, 0.3) is 0 Å². The monoisotopic (exact) mass is 464 g/mol. The number of hydrogen-bond donors (Lipinski definition) is 4. The lowest BCUT2D eigenvalue weighted by Gasteiger charge is -2.23. The molecule has 0 bridgehead atoms. The first-order chi connectivity index (χ1) is 15.7. The number of allylic oxidation sites excluding steroid dienone is 4. The number of carbonyl (C=O) groups is 1. The first kappa shape index (κ1) is 29.0. The van der Waals surface area contributed by atoms with Gasteiger partial charge in [-0.25, -0.2) is 4.79 Å². The molecule has 7 atom stereocenters. The van der Waals surface area contributed by atoms with E-state index < -0.39 is 36.5 Å². The van der Waals surface area contributed by atoms with Crippen LogP contribution in [0.3, 0.4) is 0 Å². The van der Waals surface area contributed by atoms with Crippen LogP contribution in [0.1, 0.15) is 46.0 Å². The van der Waals surface area contributed by atoms with E-state index in [0.717, 1.165) is 0 Å². The number of methoxy groups -OCH3 is 1. The van der Waals surface area contributed by atoms with Crippen LogP contribution < -0.4 is 0 Å². The third kappa shape index (κ3) is 13.3. The Morgan fingerprint density at radius 3 is 2.30 bits per heavy atom. The average molecular weight is 465 g/mol. The Labute approximate surface area is 197 Å². The Balaban J connectivity index is 2.87. The maximum Gasteiger partial charge on any atom is 0.331 e. The minimum atomic E-state index is -0.876. The lowest BCUT2D eigenvalue weighted by Crippen LogP contribution is -2.29. The van der Waals surface area contributed by atoms with Crippen molar-refractivity contribution in [2.45, 2.75) is 82.6 Å². The second-order valence-corrected chi connectivity index (χ2v) is 8.45. The highest BCUT2D eigenvalue weighted by Crippen LogP contribution is 2.18. The number of cyclic esters (lactones) is 1. The van der Waals surface area contributed by atoms with Gasteiger partial charge in [0, 0.05) is 19.6 Å². The smallest absolute Gasteiger partial charge is 0.331 e. The quantitative estimate of drug-likeness (QED) is 0.348. The lowest BCUT2D eigenvalue weighted by atomic mass is 9.96. The average Bonchev–Trinajstić information content (AvgIpc) is 2.76. The Morgan fingerprint density at radius 1 is 0.879 bits per heavy atom. The highest BCUT2D eigenvalue weighted by Gasteiger charge is 2.21. The van der Waals surface area contributed by atoms with E-state index in [1.165, 1.54) is 19.3 Å². The van der Waals surface area contributed by atoms with Crippen LogP contribution in [0.2, 0.25) is 0 Å². The maximum atomic E-state index is 12.0. The Hall–Kier alpha value is -2.03. The highest BCUT2D eigenvalue weighted by atomic mass is 16.5. The number of aliphatic hydroxyl groups excluding tert-OH is 4. The first-order valence-electron chi connectivity index (χ1n) is 11.5. The molecular formula is C26H40O7. The number of aliphatic hydroxyl groups is 4. The standard InChI is InChI=1S/C26H40O7/c1-19-14-16-24(30)25(32-3)17-15-23(29)18-22(28)12-8-4-6-10-21(27)11-7-5-9-13-26(31)33-20(19)2/h4-10,13,15,17,19-25,27-30H,11-12,14,16,18H2,1-3H3/b7-5+,8-4-,10-6+,13-9-,17-15+/t19?,20-,21-,22+,23+,24+,25-/m1/s1. The fourth-order valence-corrected chi connectivity index (χ4v) is 3.24. The molecule has 0 saturated carbocycles. The molecule has 1 rings (SSSR count). The van der Waals surface area contributed by atoms with Crippen LogP contribution in [0.4, 0.5) is 0 Å². The molecule has 1 aliphatic rings. The Kier molecular flexibility index (Phi) is 14.6. The van der Waals surface area contributed by atoms with Crippen molar-refractivity contribution >= 4 is 5.97 Å². The summed E-state index contributed by atoms with van der Waals surface area (Å²) < 4.78 is 10.8. The van der Waals surface area contributed by atoms with Crippen molar-refractivity contribution in [3.05, 3.63) is 60.8 Å². The van der Waals surface area contributed by atoms with E-state index in [0.29, 0.717) is 25.7 Å². The molecule has 0 spiro atoms. The van der Waals surface area contributed by atoms with Gasteiger partial charge in [-0.3, -0.25) is 0 Å². The van der Waals surface area contributed by atoms with Gasteiger partial charge in [-0.15, -0.1) is 0 Å². The molecule has 0 aromatic rings. The van der Waals surface area contributed by atoms with E-state index in [1.54, 1.807) is 48.6 Å². The Bertz CT molecular complexity index is 695. The summed E-state index contributed by atoms with van der Waals surface area (Å²) in [6, 6.07) is 0. The molecular weight excluding hydrogens is 424 g/mol. The van der Waals surface area contributed by atoms with Crippen molar-refractivity contribution in [1.82, 2.24) is 0 Å². The zero-order chi connectivity index (χ0) is 24.6. The van der Waals surface area contributed by atoms with Crippen LogP contribution in [0, 0.1) is 5.92 Å². The van der Waals surface area contributed by atoms with Crippen molar-refractivity contribution in [1.29, 1.82) is 0 Å². The van der Waals surface area contributed by atoms with Gasteiger partial charge in [0.1, 0.15) is 12.2 Å². The summed E-state index contributed by atoms with van der Waals surface area (Å²) in [5, 5.41) is 40.7. The molecule has 0 fully saturated rings. The molecule has 33 heavy (non-hydrogen) atoms. The van der Waals surface area contributed by atoms with Crippen molar-refractivity contribution in [3.8, 4) is 0 Å². The summed E-state index contributed by atoms with van der Waals surface area (Å²) in [6.07, 6.45) is 14.2. The highest BCUT2D eigenvalue weighted by molar-refractivity contribution is 5.82. The largest absolute Gasteiger partial charge is 0.459 e. The number of esters is 1. The minimum absolute atomic E-state index is 0.0234. The zero-order valence-electron chi connectivity index (χ0n) is 19.9. The van der Waals surface area contributed by atoms with E-state index in [-0.39, 0.29) is 18.4 Å². The first-order valence-corrected chi connectivity index (χ1v) is 11.5. The lowest BCUT2D eigenvalue weighted by molar-refractivity contribution is -0.144. The number of hydrogen-bond acceptors (Lipinski definition) is 7. The molecule has 7 nitrogen and oxygen atoms in total. The second-order valence-electron chi connectivity index (χ2n) is 8.45. The molecule has 7 heteroatoms. The summed E-state index contributed by atoms with van der Waals surface area (Å²) in [7, 11) is 1.48. The third-order valence-corrected chi connectivity index (χ3v) is 5.55. The summed E-state index contributed by atoms with van der Waals surface area (Å²) in [6.45, 7) is 3.76. The van der Waals surface area contributed by atoms with Gasteiger partial charge in [0.2, 0.25) is 0 Å². The Morgan fingerprint density at radius 2 is 1.58 bits per heavy atom. The number of carbonyl (C=O) groups excluding carboxylic acids is 1. The fourth-order valence-electron chi connectivity index (χ4n) is 3.24. The van der Waals surface area contributed by atoms with Crippen molar-refractivity contribution in [3.63, 3.8) is 0 Å². The minimum Gasteiger partial charge on any atom is -0.459 e. The van der Waals surface area contributed by atoms with Gasteiger partial charge in [0.15, 0.2) is 0 Å². The number of ether oxygens (including phenoxy) is 2. The molecule has 186 valence electrons. The van der Waals surface area contributed by atoms with Gasteiger partial charge in [-0.05, 0) is 38.5 Å². The second kappa shape index (κ2) is 16.6. The van der Waals surface area contributed by atoms with Crippen LogP contribution in [-0.2, 0) is 14.3 Å². The molecule has 1 aliphatic heterocycles. The van der Waals surface area contributed by atoms with E-state index >= 15 is 0 Å². The van der Waals surface area contributed by atoms with Gasteiger partial charge in [0.05, 0.1) is 24.4 Å². The summed E-state index contributed by atoms with van der Waals surface area (Å²) >= 11 is 0. The maximum absolute atomic E-state index is 12.0. The molecule has 0 radical (unpaired) electrons. The molecule has 0 saturated heterocycles. The molecule has 0 aliphatic carbocycles. The molecule has 4 N–H and O–H groups in total. The summed E-state index contributed by atoms with van der Waals surface area (Å²) in [4.78, 5) is 12.0. The predicted molar refractivity (Wildman–Crippen MR) is 128 cm³/mol. The molecule has 1 unspecified atom stereocenters. The van der Waals surface area contributed by atoms with Crippen LogP contribution in [0.25, 0.3) is 0 Å². The molecule has 0 aromatic heterocycles. The molecule has 0 aromatic carbocycles. The SMILES string of the molecule is CO[C@@H]1/C=C/[C@H](O)C[C@@H](O)C/C=C\C=C\[C@@H](O)C/C=C/C=C\C(=O)O[C@H](C)C(C)CC[C@@H]1O. The van der Waals surface area contributed by atoms with Crippen LogP contribution in [0.15, 0.2) is 60.8 Å². The topological polar surface area (TPSA) is 116 Å². The van der Waals surface area contributed by atoms with Gasteiger partial charge in [-0.1, -0.05) is 61.6 Å². The van der Waals surface area contributed by atoms with E-state index in [2.05, 4.69) is 0 Å². The zero-order valence-corrected chi connectivity index (χ0v) is 19.9. The van der Waals surface area contributed by atoms with Gasteiger partial charge in [-0.2, -0.15) is 0 Å². The predicted octanol–water partition coefficient (Wildman–Crippen LogP) is 2.76. The van der Waals surface area contributed by atoms with E-state index in [1.807, 2.05) is 13.8 Å². The van der Waals surface area contributed by atoms with Crippen LogP contribution in [-0.4, -0.2) is 70.1 Å². The van der Waals surface area contributed by atoms with Gasteiger partial charge < -0.3 is 29.9 Å². The van der Waals surface area contributed by atoms with E-state index in [9.17, 15) is 25.2 Å². The molecule has 1 heterocycles. The molecule has 0 amide bonds. The summed E-state index contributed by atoms with van der Waals surface area (Å²) in [5.41, 5.74) is 0. The van der Waals surface area contributed by atoms with Crippen LogP contribution in [0.5, 0.6) is 0 Å². The fraction of sp³-hybridized carbons (Fsp3) is 0.577.